The predicted octanol–water partition coefficient (Wildman–Crippen LogP) is 2.43. The van der Waals surface area contributed by atoms with Crippen molar-refractivity contribution in [2.24, 2.45) is 0 Å². The van der Waals surface area contributed by atoms with Gasteiger partial charge in [0.15, 0.2) is 5.78 Å². The van der Waals surface area contributed by atoms with Crippen molar-refractivity contribution in [1.82, 2.24) is 4.90 Å². The first-order valence-corrected chi connectivity index (χ1v) is 7.14. The number of rotatable bonds is 3. The molecule has 0 N–H and O–H groups in total. The first-order valence-electron chi connectivity index (χ1n) is 7.14. The van der Waals surface area contributed by atoms with Crippen molar-refractivity contribution in [2.75, 3.05) is 13.1 Å². The van der Waals surface area contributed by atoms with Crippen molar-refractivity contribution in [3.8, 4) is 0 Å². The van der Waals surface area contributed by atoms with Crippen LogP contribution in [0.15, 0.2) is 24.3 Å². The fraction of sp³-hybridized carbons (Fsp3) is 0.562. The number of Topliss-reactive ketones (excluding diaryl/α,β-unsaturated/α-hetero) is 1. The maximum absolute atomic E-state index is 12.5. The van der Waals surface area contributed by atoms with Crippen molar-refractivity contribution in [3.63, 3.8) is 0 Å². The highest BCUT2D eigenvalue weighted by atomic mass is 16.5. The van der Waals surface area contributed by atoms with E-state index in [-0.39, 0.29) is 11.8 Å². The first-order chi connectivity index (χ1) is 9.13. The molecule has 2 fully saturated rings. The normalized spacial score (nSPS) is 28.3. The molecule has 2 aliphatic rings. The Bertz CT molecular complexity index is 456. The summed E-state index contributed by atoms with van der Waals surface area (Å²) < 4.78 is 5.83. The Kier molecular flexibility index (Phi) is 3.42. The fourth-order valence-corrected chi connectivity index (χ4v) is 3.09. The van der Waals surface area contributed by atoms with Crippen molar-refractivity contribution >= 4 is 5.78 Å². The summed E-state index contributed by atoms with van der Waals surface area (Å²) in [6, 6.07) is 7.83. The summed E-state index contributed by atoms with van der Waals surface area (Å²) in [6.45, 7) is 5.86. The van der Waals surface area contributed by atoms with Gasteiger partial charge in [-0.2, -0.15) is 0 Å². The van der Waals surface area contributed by atoms with E-state index < -0.39 is 0 Å². The largest absolute Gasteiger partial charge is 0.372 e. The number of ketones is 1. The van der Waals surface area contributed by atoms with E-state index in [0.717, 1.165) is 31.5 Å². The highest BCUT2D eigenvalue weighted by molar-refractivity contribution is 5.99. The second-order valence-electron chi connectivity index (χ2n) is 5.82. The van der Waals surface area contributed by atoms with Crippen LogP contribution < -0.4 is 0 Å². The van der Waals surface area contributed by atoms with Crippen molar-refractivity contribution in [2.45, 2.75) is 44.9 Å². The Morgan fingerprint density at radius 1 is 1.21 bits per heavy atom. The van der Waals surface area contributed by atoms with Crippen molar-refractivity contribution in [3.05, 3.63) is 35.4 Å². The lowest BCUT2D eigenvalue weighted by Crippen LogP contribution is -2.49. The lowest BCUT2D eigenvalue weighted by atomic mass is 10.0. The molecule has 2 heterocycles. The van der Waals surface area contributed by atoms with Crippen LogP contribution in [0.1, 0.15) is 35.7 Å². The number of morpholine rings is 1. The summed E-state index contributed by atoms with van der Waals surface area (Å²) in [5, 5.41) is 0. The molecule has 0 aromatic heterocycles. The van der Waals surface area contributed by atoms with Gasteiger partial charge in [0.05, 0.1) is 18.2 Å². The lowest BCUT2D eigenvalue weighted by Gasteiger charge is -2.35. The molecule has 0 aliphatic carbocycles. The molecule has 1 aromatic carbocycles. The number of likely N-dealkylation sites (tertiary alicyclic amines) is 1. The molecule has 2 saturated heterocycles. The van der Waals surface area contributed by atoms with Crippen molar-refractivity contribution in [1.29, 1.82) is 0 Å². The van der Waals surface area contributed by atoms with E-state index >= 15 is 0 Å². The quantitative estimate of drug-likeness (QED) is 0.781. The minimum atomic E-state index is -0.0466. The Morgan fingerprint density at radius 2 is 1.79 bits per heavy atom. The molecule has 2 aliphatic heterocycles. The van der Waals surface area contributed by atoms with Gasteiger partial charge in [0.25, 0.3) is 0 Å². The van der Waals surface area contributed by atoms with E-state index in [2.05, 4.69) is 4.90 Å². The standard InChI is InChI=1S/C16H21NO2/c1-11-3-5-13(6-4-11)16(18)12(2)17-9-14-7-8-15(10-17)19-14/h3-6,12,14-15H,7-10H2,1-2H3. The van der Waals surface area contributed by atoms with Gasteiger partial charge in [0, 0.05) is 18.7 Å². The summed E-state index contributed by atoms with van der Waals surface area (Å²) >= 11 is 0. The topological polar surface area (TPSA) is 29.5 Å². The van der Waals surface area contributed by atoms with Crippen LogP contribution in [0.4, 0.5) is 0 Å². The van der Waals surface area contributed by atoms with E-state index in [4.69, 9.17) is 4.74 Å². The van der Waals surface area contributed by atoms with Crippen molar-refractivity contribution < 1.29 is 9.53 Å². The number of carbonyl (C=O) groups is 1. The summed E-state index contributed by atoms with van der Waals surface area (Å²) in [5.74, 6) is 0.223. The Labute approximate surface area is 114 Å². The zero-order valence-corrected chi connectivity index (χ0v) is 11.6. The maximum Gasteiger partial charge on any atom is 0.179 e. The van der Waals surface area contributed by atoms with E-state index in [0.29, 0.717) is 12.2 Å². The van der Waals surface area contributed by atoms with Gasteiger partial charge in [-0.05, 0) is 26.7 Å². The third-order valence-electron chi connectivity index (χ3n) is 4.34. The zero-order chi connectivity index (χ0) is 13.4. The van der Waals surface area contributed by atoms with E-state index in [1.165, 1.54) is 5.56 Å². The number of carbonyl (C=O) groups excluding carboxylic acids is 1. The third-order valence-corrected chi connectivity index (χ3v) is 4.34. The number of ether oxygens (including phenoxy) is 1. The molecule has 0 saturated carbocycles. The molecule has 0 radical (unpaired) electrons. The molecule has 3 unspecified atom stereocenters. The fourth-order valence-electron chi connectivity index (χ4n) is 3.09. The number of nitrogens with zero attached hydrogens (tertiary/aromatic N) is 1. The first kappa shape index (κ1) is 12.8. The van der Waals surface area contributed by atoms with Crippen LogP contribution in [0, 0.1) is 6.92 Å². The summed E-state index contributed by atoms with van der Waals surface area (Å²) in [6.07, 6.45) is 2.97. The molecule has 3 heteroatoms. The van der Waals surface area contributed by atoms with Gasteiger partial charge in [0.2, 0.25) is 0 Å². The average Bonchev–Trinajstić information content (AvgIpc) is 2.76. The molecular weight excluding hydrogens is 238 g/mol. The predicted molar refractivity (Wildman–Crippen MR) is 74.4 cm³/mol. The SMILES string of the molecule is Cc1ccc(C(=O)C(C)N2CC3CCC(C2)O3)cc1. The minimum absolute atomic E-state index is 0.0466. The monoisotopic (exact) mass is 259 g/mol. The van der Waals surface area contributed by atoms with E-state index in [9.17, 15) is 4.79 Å². The van der Waals surface area contributed by atoms with Gasteiger partial charge in [0.1, 0.15) is 0 Å². The van der Waals surface area contributed by atoms with Gasteiger partial charge in [-0.1, -0.05) is 29.8 Å². The number of benzene rings is 1. The summed E-state index contributed by atoms with van der Waals surface area (Å²) in [4.78, 5) is 14.8. The van der Waals surface area contributed by atoms with Crippen LogP contribution in [0.3, 0.4) is 0 Å². The molecule has 3 atom stereocenters. The van der Waals surface area contributed by atoms with Gasteiger partial charge in [-0.25, -0.2) is 0 Å². The van der Waals surface area contributed by atoms with Crippen LogP contribution in [-0.2, 0) is 4.74 Å². The smallest absolute Gasteiger partial charge is 0.179 e. The molecule has 1 aromatic rings. The van der Waals surface area contributed by atoms with Gasteiger partial charge in [-0.3, -0.25) is 9.69 Å². The zero-order valence-electron chi connectivity index (χ0n) is 11.6. The number of fused-ring (bicyclic) bond motifs is 2. The number of hydrogen-bond donors (Lipinski definition) is 0. The van der Waals surface area contributed by atoms with Gasteiger partial charge >= 0.3 is 0 Å². The third kappa shape index (κ3) is 2.58. The second kappa shape index (κ2) is 5.06. The molecule has 3 nitrogen and oxygen atoms in total. The summed E-state index contributed by atoms with van der Waals surface area (Å²) in [5.41, 5.74) is 2.01. The number of aryl methyl sites for hydroxylation is 1. The van der Waals surface area contributed by atoms with E-state index in [1.54, 1.807) is 0 Å². The lowest BCUT2D eigenvalue weighted by molar-refractivity contribution is -0.0464. The molecule has 0 spiro atoms. The Balaban J connectivity index is 1.71. The summed E-state index contributed by atoms with van der Waals surface area (Å²) in [7, 11) is 0. The molecule has 0 amide bonds. The van der Waals surface area contributed by atoms with Crippen LogP contribution >= 0.6 is 0 Å². The average molecular weight is 259 g/mol. The second-order valence-corrected chi connectivity index (χ2v) is 5.82. The van der Waals surface area contributed by atoms with E-state index in [1.807, 2.05) is 38.1 Å². The Morgan fingerprint density at radius 3 is 2.37 bits per heavy atom. The maximum atomic E-state index is 12.5. The number of hydrogen-bond acceptors (Lipinski definition) is 3. The molecular formula is C16H21NO2. The highest BCUT2D eigenvalue weighted by Gasteiger charge is 2.37. The molecule has 3 rings (SSSR count). The Hall–Kier alpha value is -1.19. The molecule has 2 bridgehead atoms. The van der Waals surface area contributed by atoms with Gasteiger partial charge < -0.3 is 4.74 Å². The van der Waals surface area contributed by atoms with Crippen LogP contribution in [0.25, 0.3) is 0 Å². The van der Waals surface area contributed by atoms with Crippen LogP contribution in [0.2, 0.25) is 0 Å². The van der Waals surface area contributed by atoms with Crippen LogP contribution in [0.5, 0.6) is 0 Å². The molecule has 102 valence electrons. The van der Waals surface area contributed by atoms with Crippen LogP contribution in [-0.4, -0.2) is 42.0 Å². The highest BCUT2D eigenvalue weighted by Crippen LogP contribution is 2.28. The molecule has 19 heavy (non-hydrogen) atoms. The minimum Gasteiger partial charge on any atom is -0.372 e. The van der Waals surface area contributed by atoms with Gasteiger partial charge in [-0.15, -0.1) is 0 Å².